The fourth-order valence-corrected chi connectivity index (χ4v) is 7.33. The summed E-state index contributed by atoms with van der Waals surface area (Å²) in [6, 6.07) is 7.24. The van der Waals surface area contributed by atoms with Crippen molar-refractivity contribution < 1.29 is 46.2 Å². The number of hydrogen-bond acceptors (Lipinski definition) is 12. The second kappa shape index (κ2) is 13.0. The highest BCUT2D eigenvalue weighted by Gasteiger charge is 2.55. The lowest BCUT2D eigenvalue weighted by molar-refractivity contribution is -0.203. The molecule has 3 fully saturated rings. The Labute approximate surface area is 253 Å². The minimum Gasteiger partial charge on any atom is -0.447 e. The van der Waals surface area contributed by atoms with E-state index in [4.69, 9.17) is 28.2 Å². The van der Waals surface area contributed by atoms with Crippen LogP contribution in [-0.4, -0.2) is 97.5 Å². The topological polar surface area (TPSA) is 172 Å². The third-order valence-corrected chi connectivity index (χ3v) is 9.65. The molecule has 1 unspecified atom stereocenters. The molecule has 2 aromatic heterocycles. The zero-order valence-corrected chi connectivity index (χ0v) is 24.8. The first-order valence-electron chi connectivity index (χ1n) is 14.4. The fourth-order valence-electron chi connectivity index (χ4n) is 5.73. The fraction of sp³-hybridized carbons (Fsp3) is 0.500. The molecule has 5 heterocycles. The van der Waals surface area contributed by atoms with Gasteiger partial charge >= 0.3 is 12.2 Å². The summed E-state index contributed by atoms with van der Waals surface area (Å²) in [7, 11) is -2.79. The van der Waals surface area contributed by atoms with Crippen LogP contribution in [0.15, 0.2) is 51.9 Å². The van der Waals surface area contributed by atoms with Crippen molar-refractivity contribution in [3.05, 3.63) is 42.6 Å². The highest BCUT2D eigenvalue weighted by Crippen LogP contribution is 2.38. The number of ether oxygens (including phenoxy) is 4. The average Bonchev–Trinajstić information content (AvgIpc) is 3.58. The number of oxazole rings is 1. The molecule has 0 saturated carbocycles. The van der Waals surface area contributed by atoms with Crippen molar-refractivity contribution in [2.24, 2.45) is 0 Å². The van der Waals surface area contributed by atoms with Crippen molar-refractivity contribution in [2.45, 2.75) is 61.4 Å². The van der Waals surface area contributed by atoms with Gasteiger partial charge in [0.15, 0.2) is 11.9 Å². The Balaban J connectivity index is 1.22. The number of hydroxylamine groups is 1. The maximum absolute atomic E-state index is 14.0. The monoisotopic (exact) mass is 631 g/mol. The third-order valence-electron chi connectivity index (χ3n) is 7.82. The molecule has 2 bridgehead atoms. The standard InChI is InChI=1S/C28H33N5O10S/c1-38-14-15-40-28(35)33-18-9-11-21(33)25(26(34)31-43-24-8-4-5-13-39-24)32(17-18)44(36,37)19-10-12-23(29-16-19)42-27-30-20-6-2-3-7-22(20)41-27/h2-3,6-7,10,12,16,18,21,24-25H,4-5,8-9,11,13-15,17H2,1H3,(H,31,34)/t18-,21+,24?,25-/m1/s1. The summed E-state index contributed by atoms with van der Waals surface area (Å²) >= 11 is 0. The normalized spacial score (nSPS) is 23.9. The molecule has 0 radical (unpaired) electrons. The molecular formula is C28H33N5O10S. The Morgan fingerprint density at radius 3 is 2.70 bits per heavy atom. The van der Waals surface area contributed by atoms with Gasteiger partial charge in [0.25, 0.3) is 5.91 Å². The van der Waals surface area contributed by atoms with Crippen molar-refractivity contribution in [3.8, 4) is 12.0 Å². The number of carbonyl (C=O) groups is 2. The summed E-state index contributed by atoms with van der Waals surface area (Å²) < 4.78 is 56.1. The minimum absolute atomic E-state index is 0.0237. The lowest BCUT2D eigenvalue weighted by atomic mass is 10.1. The number of amides is 2. The Morgan fingerprint density at radius 2 is 1.95 bits per heavy atom. The Morgan fingerprint density at radius 1 is 1.09 bits per heavy atom. The smallest absolute Gasteiger partial charge is 0.410 e. The van der Waals surface area contributed by atoms with E-state index in [1.54, 1.807) is 18.2 Å². The van der Waals surface area contributed by atoms with Gasteiger partial charge in [-0.3, -0.25) is 9.69 Å². The van der Waals surface area contributed by atoms with Crippen molar-refractivity contribution in [1.82, 2.24) is 24.7 Å². The maximum Gasteiger partial charge on any atom is 0.410 e. The SMILES string of the molecule is COCCOC(=O)N1[C@@H]2CC[C@H]1[C@H](C(=O)NOC1CCCCO1)N(S(=O)(=O)c1ccc(Oc3nc4ccccc4o3)nc1)C2. The number of rotatable bonds is 10. The molecule has 4 atom stereocenters. The summed E-state index contributed by atoms with van der Waals surface area (Å²) in [4.78, 5) is 41.8. The number of sulfonamides is 1. The first-order chi connectivity index (χ1) is 21.3. The van der Waals surface area contributed by atoms with Gasteiger partial charge in [-0.25, -0.2) is 28.5 Å². The first kappa shape index (κ1) is 30.2. The van der Waals surface area contributed by atoms with Crippen LogP contribution in [0, 0.1) is 0 Å². The second-order valence-corrected chi connectivity index (χ2v) is 12.5. The van der Waals surface area contributed by atoms with Gasteiger partial charge in [-0.2, -0.15) is 9.29 Å². The van der Waals surface area contributed by atoms with Crippen molar-refractivity contribution in [1.29, 1.82) is 0 Å². The summed E-state index contributed by atoms with van der Waals surface area (Å²) in [5.74, 6) is -0.652. The number of nitrogens with zero attached hydrogens (tertiary/aromatic N) is 4. The van der Waals surface area contributed by atoms with Crippen LogP contribution in [-0.2, 0) is 33.9 Å². The molecule has 16 heteroatoms. The van der Waals surface area contributed by atoms with E-state index in [9.17, 15) is 18.0 Å². The lowest BCUT2D eigenvalue weighted by Crippen LogP contribution is -2.66. The Hall–Kier alpha value is -3.83. The molecule has 2 amide bonds. The van der Waals surface area contributed by atoms with E-state index in [0.29, 0.717) is 37.0 Å². The van der Waals surface area contributed by atoms with Crippen LogP contribution in [0.2, 0.25) is 0 Å². The number of carbonyl (C=O) groups excluding carboxylic acids is 2. The zero-order valence-electron chi connectivity index (χ0n) is 24.0. The molecule has 1 aromatic carbocycles. The van der Waals surface area contributed by atoms with Crippen LogP contribution in [0.1, 0.15) is 32.1 Å². The van der Waals surface area contributed by atoms with Gasteiger partial charge in [0.05, 0.1) is 18.8 Å². The van der Waals surface area contributed by atoms with Crippen LogP contribution in [0.4, 0.5) is 4.79 Å². The lowest BCUT2D eigenvalue weighted by Gasteiger charge is -2.44. The summed E-state index contributed by atoms with van der Waals surface area (Å²) in [5, 5.41) is 0. The average molecular weight is 632 g/mol. The zero-order chi connectivity index (χ0) is 30.7. The Kier molecular flexibility index (Phi) is 8.95. The Bertz CT molecular complexity index is 1540. The van der Waals surface area contributed by atoms with Crippen molar-refractivity contribution >= 4 is 33.1 Å². The minimum atomic E-state index is -4.28. The number of nitrogens with one attached hydrogen (secondary N) is 1. The van der Waals surface area contributed by atoms with Crippen molar-refractivity contribution in [2.75, 3.05) is 33.5 Å². The number of benzene rings is 1. The summed E-state index contributed by atoms with van der Waals surface area (Å²) in [6.45, 7) is 0.593. The molecule has 236 valence electrons. The van der Waals surface area contributed by atoms with Gasteiger partial charge in [-0.05, 0) is 43.9 Å². The number of para-hydroxylation sites is 2. The number of aromatic nitrogens is 2. The van der Waals surface area contributed by atoms with E-state index in [0.717, 1.165) is 23.3 Å². The van der Waals surface area contributed by atoms with Crippen LogP contribution < -0.4 is 10.2 Å². The maximum atomic E-state index is 14.0. The van der Waals surface area contributed by atoms with Crippen LogP contribution in [0.3, 0.4) is 0 Å². The third kappa shape index (κ3) is 6.21. The molecular weight excluding hydrogens is 598 g/mol. The van der Waals surface area contributed by atoms with Gasteiger partial charge in [-0.1, -0.05) is 12.1 Å². The molecule has 6 rings (SSSR count). The van der Waals surface area contributed by atoms with Gasteiger partial charge < -0.3 is 23.4 Å². The number of hydrogen-bond donors (Lipinski definition) is 1. The second-order valence-electron chi connectivity index (χ2n) is 10.6. The number of fused-ring (bicyclic) bond motifs is 3. The van der Waals surface area contributed by atoms with E-state index in [1.165, 1.54) is 24.1 Å². The largest absolute Gasteiger partial charge is 0.447 e. The van der Waals surface area contributed by atoms with Gasteiger partial charge in [0.1, 0.15) is 23.1 Å². The van der Waals surface area contributed by atoms with Crippen LogP contribution in [0.5, 0.6) is 12.0 Å². The molecule has 3 aromatic rings. The van der Waals surface area contributed by atoms with Crippen LogP contribution >= 0.6 is 0 Å². The first-order valence-corrected chi connectivity index (χ1v) is 15.8. The van der Waals surface area contributed by atoms with E-state index in [2.05, 4.69) is 15.4 Å². The predicted octanol–water partition coefficient (Wildman–Crippen LogP) is 2.58. The van der Waals surface area contributed by atoms with Crippen LogP contribution in [0.25, 0.3) is 11.1 Å². The van der Waals surface area contributed by atoms with E-state index < -0.39 is 46.4 Å². The highest BCUT2D eigenvalue weighted by atomic mass is 32.2. The highest BCUT2D eigenvalue weighted by molar-refractivity contribution is 7.89. The molecule has 3 aliphatic rings. The summed E-state index contributed by atoms with van der Waals surface area (Å²) in [6.07, 6.45) is 3.04. The van der Waals surface area contributed by atoms with Gasteiger partial charge in [-0.15, -0.1) is 0 Å². The summed E-state index contributed by atoms with van der Waals surface area (Å²) in [5.41, 5.74) is 3.52. The molecule has 0 spiro atoms. The predicted molar refractivity (Wildman–Crippen MR) is 151 cm³/mol. The van der Waals surface area contributed by atoms with Crippen molar-refractivity contribution in [3.63, 3.8) is 0 Å². The van der Waals surface area contributed by atoms with Gasteiger partial charge in [0, 0.05) is 38.8 Å². The molecule has 15 nitrogen and oxygen atoms in total. The molecule has 3 aliphatic heterocycles. The number of methoxy groups -OCH3 is 1. The molecule has 1 N–H and O–H groups in total. The van der Waals surface area contributed by atoms with E-state index in [-0.39, 0.29) is 36.6 Å². The molecule has 44 heavy (non-hydrogen) atoms. The quantitative estimate of drug-likeness (QED) is 0.256. The molecule has 3 saturated heterocycles. The number of piperazine rings is 1. The van der Waals surface area contributed by atoms with E-state index >= 15 is 0 Å². The van der Waals surface area contributed by atoms with E-state index in [1.807, 2.05) is 6.07 Å². The van der Waals surface area contributed by atoms with Gasteiger partial charge in [0.2, 0.25) is 15.9 Å². The number of pyridine rings is 1. The molecule has 0 aliphatic carbocycles.